The van der Waals surface area contributed by atoms with Crippen molar-refractivity contribution in [2.45, 2.75) is 52.4 Å². The van der Waals surface area contributed by atoms with Crippen molar-refractivity contribution in [2.24, 2.45) is 0 Å². The number of fused-ring (bicyclic) bond motifs is 1. The Morgan fingerprint density at radius 3 is 2.18 bits per heavy atom. The van der Waals surface area contributed by atoms with Gasteiger partial charge in [0.25, 0.3) is 0 Å². The van der Waals surface area contributed by atoms with Crippen molar-refractivity contribution < 1.29 is 0 Å². The van der Waals surface area contributed by atoms with Gasteiger partial charge in [-0.15, -0.1) is 0 Å². The van der Waals surface area contributed by atoms with Crippen molar-refractivity contribution in [3.05, 3.63) is 29.7 Å². The molecule has 0 saturated carbocycles. The molecule has 0 radical (unpaired) electrons. The third-order valence-electron chi connectivity index (χ3n) is 3.05. The van der Waals surface area contributed by atoms with Crippen LogP contribution in [0.2, 0.25) is 0 Å². The van der Waals surface area contributed by atoms with Gasteiger partial charge >= 0.3 is 0 Å². The SMILES string of the molecule is CC(C)(C)c1cc(C(C)(C)C)c2ncnn2c1. The monoisotopic (exact) mass is 231 g/mol. The van der Waals surface area contributed by atoms with E-state index in [9.17, 15) is 0 Å². The van der Waals surface area contributed by atoms with Crippen LogP contribution in [0.3, 0.4) is 0 Å². The van der Waals surface area contributed by atoms with Crippen LogP contribution < -0.4 is 0 Å². The van der Waals surface area contributed by atoms with E-state index in [2.05, 4.69) is 63.9 Å². The first-order chi connectivity index (χ1) is 7.69. The Balaban J connectivity index is 2.76. The first-order valence-corrected chi connectivity index (χ1v) is 6.04. The van der Waals surface area contributed by atoms with Gasteiger partial charge in [-0.05, 0) is 22.5 Å². The summed E-state index contributed by atoms with van der Waals surface area (Å²) in [6.07, 6.45) is 3.70. The normalized spacial score (nSPS) is 13.3. The minimum absolute atomic E-state index is 0.0789. The maximum Gasteiger partial charge on any atom is 0.158 e. The summed E-state index contributed by atoms with van der Waals surface area (Å²) in [5.41, 5.74) is 3.71. The van der Waals surface area contributed by atoms with Crippen LogP contribution in [-0.4, -0.2) is 14.6 Å². The lowest BCUT2D eigenvalue weighted by atomic mass is 9.82. The Bertz CT molecular complexity index is 539. The van der Waals surface area contributed by atoms with Gasteiger partial charge in [0.05, 0.1) is 0 Å². The van der Waals surface area contributed by atoms with Gasteiger partial charge in [-0.25, -0.2) is 9.50 Å². The molecule has 0 spiro atoms. The zero-order chi connectivity index (χ0) is 12.8. The highest BCUT2D eigenvalue weighted by Gasteiger charge is 2.23. The summed E-state index contributed by atoms with van der Waals surface area (Å²) in [5.74, 6) is 0. The summed E-state index contributed by atoms with van der Waals surface area (Å²) >= 11 is 0. The molecule has 0 saturated heterocycles. The fraction of sp³-hybridized carbons (Fsp3) is 0.571. The summed E-state index contributed by atoms with van der Waals surface area (Å²) in [4.78, 5) is 4.36. The maximum absolute atomic E-state index is 4.36. The second-order valence-corrected chi connectivity index (χ2v) is 6.67. The van der Waals surface area contributed by atoms with E-state index in [0.717, 1.165) is 5.65 Å². The third-order valence-corrected chi connectivity index (χ3v) is 3.05. The summed E-state index contributed by atoms with van der Waals surface area (Å²) in [6.45, 7) is 13.3. The van der Waals surface area contributed by atoms with Crippen molar-refractivity contribution in [3.63, 3.8) is 0 Å². The third kappa shape index (κ3) is 2.19. The molecule has 3 heteroatoms. The Labute approximate surface area is 103 Å². The van der Waals surface area contributed by atoms with E-state index in [4.69, 9.17) is 0 Å². The van der Waals surface area contributed by atoms with Crippen molar-refractivity contribution in [1.82, 2.24) is 14.6 Å². The Morgan fingerprint density at radius 1 is 1.00 bits per heavy atom. The van der Waals surface area contributed by atoms with Gasteiger partial charge < -0.3 is 0 Å². The topological polar surface area (TPSA) is 30.2 Å². The van der Waals surface area contributed by atoms with Crippen molar-refractivity contribution in [1.29, 1.82) is 0 Å². The Morgan fingerprint density at radius 2 is 1.65 bits per heavy atom. The van der Waals surface area contributed by atoms with Crippen LogP contribution in [0.15, 0.2) is 18.6 Å². The molecule has 2 heterocycles. The molecule has 0 bridgehead atoms. The second-order valence-electron chi connectivity index (χ2n) is 6.67. The number of hydrogen-bond donors (Lipinski definition) is 0. The van der Waals surface area contributed by atoms with Crippen molar-refractivity contribution in [3.8, 4) is 0 Å². The van der Waals surface area contributed by atoms with E-state index in [1.54, 1.807) is 6.33 Å². The molecular formula is C14H21N3. The zero-order valence-electron chi connectivity index (χ0n) is 11.6. The quantitative estimate of drug-likeness (QED) is 0.696. The van der Waals surface area contributed by atoms with Gasteiger partial charge in [-0.3, -0.25) is 0 Å². The van der Waals surface area contributed by atoms with Gasteiger partial charge in [0, 0.05) is 11.8 Å². The first-order valence-electron chi connectivity index (χ1n) is 6.04. The molecule has 3 nitrogen and oxygen atoms in total. The molecule has 2 aromatic heterocycles. The molecule has 0 aliphatic carbocycles. The van der Waals surface area contributed by atoms with Crippen LogP contribution >= 0.6 is 0 Å². The predicted molar refractivity (Wildman–Crippen MR) is 70.4 cm³/mol. The molecular weight excluding hydrogens is 210 g/mol. The summed E-state index contributed by atoms with van der Waals surface area (Å²) < 4.78 is 1.89. The minimum Gasteiger partial charge on any atom is -0.221 e. The second kappa shape index (κ2) is 3.56. The number of aromatic nitrogens is 3. The van der Waals surface area contributed by atoms with Crippen molar-refractivity contribution >= 4 is 5.65 Å². The van der Waals surface area contributed by atoms with Crippen LogP contribution in [0, 0.1) is 0 Å². The number of hydrogen-bond acceptors (Lipinski definition) is 2. The summed E-state index contributed by atoms with van der Waals surface area (Å²) in [5, 5.41) is 4.27. The van der Waals surface area contributed by atoms with E-state index >= 15 is 0 Å². The first kappa shape index (κ1) is 12.1. The van der Waals surface area contributed by atoms with Gasteiger partial charge in [0.15, 0.2) is 5.65 Å². The van der Waals surface area contributed by atoms with E-state index in [0.29, 0.717) is 0 Å². The van der Waals surface area contributed by atoms with E-state index < -0.39 is 0 Å². The lowest BCUT2D eigenvalue weighted by molar-refractivity contribution is 0.563. The molecule has 0 N–H and O–H groups in total. The molecule has 0 fully saturated rings. The van der Waals surface area contributed by atoms with Crippen molar-refractivity contribution in [2.75, 3.05) is 0 Å². The smallest absolute Gasteiger partial charge is 0.158 e. The fourth-order valence-corrected chi connectivity index (χ4v) is 1.89. The Kier molecular flexibility index (Phi) is 2.53. The average Bonchev–Trinajstić information content (AvgIpc) is 2.59. The highest BCUT2D eigenvalue weighted by atomic mass is 15.3. The molecule has 2 aromatic rings. The molecule has 0 aliphatic heterocycles. The van der Waals surface area contributed by atoms with Crippen LogP contribution in [0.1, 0.15) is 52.7 Å². The zero-order valence-corrected chi connectivity index (χ0v) is 11.6. The number of rotatable bonds is 0. The van der Waals surface area contributed by atoms with Crippen LogP contribution in [-0.2, 0) is 10.8 Å². The molecule has 0 aliphatic rings. The summed E-state index contributed by atoms with van der Waals surface area (Å²) in [7, 11) is 0. The molecule has 0 amide bonds. The minimum atomic E-state index is 0.0789. The molecule has 0 unspecified atom stereocenters. The van der Waals surface area contributed by atoms with E-state index in [1.165, 1.54) is 11.1 Å². The molecule has 0 atom stereocenters. The van der Waals surface area contributed by atoms with Gasteiger partial charge in [-0.2, -0.15) is 5.10 Å². The van der Waals surface area contributed by atoms with Gasteiger partial charge in [-0.1, -0.05) is 41.5 Å². The van der Waals surface area contributed by atoms with E-state index in [1.807, 2.05) is 4.52 Å². The highest BCUT2D eigenvalue weighted by Crippen LogP contribution is 2.30. The standard InChI is InChI=1S/C14H21N3/c1-13(2,3)10-7-11(14(4,5)6)12-15-9-16-17(12)8-10/h7-9H,1-6H3. The van der Waals surface area contributed by atoms with Gasteiger partial charge in [0.2, 0.25) is 0 Å². The van der Waals surface area contributed by atoms with Crippen LogP contribution in [0.4, 0.5) is 0 Å². The molecule has 92 valence electrons. The Hall–Kier alpha value is -1.38. The molecule has 2 rings (SSSR count). The highest BCUT2D eigenvalue weighted by molar-refractivity contribution is 5.52. The maximum atomic E-state index is 4.36. The van der Waals surface area contributed by atoms with E-state index in [-0.39, 0.29) is 10.8 Å². The number of pyridine rings is 1. The largest absolute Gasteiger partial charge is 0.221 e. The van der Waals surface area contributed by atoms with Crippen LogP contribution in [0.5, 0.6) is 0 Å². The average molecular weight is 231 g/mol. The van der Waals surface area contributed by atoms with Gasteiger partial charge in [0.1, 0.15) is 6.33 Å². The lowest BCUT2D eigenvalue weighted by Gasteiger charge is -2.25. The van der Waals surface area contributed by atoms with Crippen LogP contribution in [0.25, 0.3) is 5.65 Å². The predicted octanol–water partition coefficient (Wildman–Crippen LogP) is 3.32. The molecule has 0 aromatic carbocycles. The summed E-state index contributed by atoms with van der Waals surface area (Å²) in [6, 6.07) is 2.27. The molecule has 17 heavy (non-hydrogen) atoms. The number of nitrogens with zero attached hydrogens (tertiary/aromatic N) is 3. The fourth-order valence-electron chi connectivity index (χ4n) is 1.89. The lowest BCUT2D eigenvalue weighted by Crippen LogP contribution is -2.18.